The molecular formula is C12H17NO5. The van der Waals surface area contributed by atoms with Gasteiger partial charge < -0.3 is 25.4 Å². The number of esters is 1. The number of anilines is 1. The SMILES string of the molecule is COC(=O)CC(O)C(O)c1cc(N)ccc1OC. The number of nitrogen functional groups attached to an aromatic ring is 1. The monoisotopic (exact) mass is 255 g/mol. The lowest BCUT2D eigenvalue weighted by Crippen LogP contribution is -2.23. The first-order valence-corrected chi connectivity index (χ1v) is 5.36. The highest BCUT2D eigenvalue weighted by Crippen LogP contribution is 2.30. The molecule has 0 aliphatic rings. The van der Waals surface area contributed by atoms with Gasteiger partial charge in [-0.25, -0.2) is 0 Å². The zero-order valence-corrected chi connectivity index (χ0v) is 10.3. The van der Waals surface area contributed by atoms with Crippen molar-refractivity contribution in [3.05, 3.63) is 23.8 Å². The summed E-state index contributed by atoms with van der Waals surface area (Å²) in [7, 11) is 2.65. The topological polar surface area (TPSA) is 102 Å². The molecule has 0 spiro atoms. The summed E-state index contributed by atoms with van der Waals surface area (Å²) in [6.45, 7) is 0. The number of hydrogen-bond donors (Lipinski definition) is 3. The van der Waals surface area contributed by atoms with Crippen LogP contribution in [0.1, 0.15) is 18.1 Å². The predicted molar refractivity (Wildman–Crippen MR) is 65.0 cm³/mol. The fraction of sp³-hybridized carbons (Fsp3) is 0.417. The van der Waals surface area contributed by atoms with E-state index in [0.29, 0.717) is 17.0 Å². The molecule has 1 rings (SSSR count). The molecule has 0 heterocycles. The van der Waals surface area contributed by atoms with Crippen LogP contribution < -0.4 is 10.5 Å². The van der Waals surface area contributed by atoms with E-state index in [-0.39, 0.29) is 6.42 Å². The van der Waals surface area contributed by atoms with Crippen LogP contribution in [0.15, 0.2) is 18.2 Å². The summed E-state index contributed by atoms with van der Waals surface area (Å²) in [4.78, 5) is 11.0. The molecule has 1 aromatic carbocycles. The highest BCUT2D eigenvalue weighted by atomic mass is 16.5. The highest BCUT2D eigenvalue weighted by molar-refractivity contribution is 5.70. The Labute approximate surface area is 105 Å². The summed E-state index contributed by atoms with van der Waals surface area (Å²) in [5, 5.41) is 19.7. The maximum absolute atomic E-state index is 11.0. The van der Waals surface area contributed by atoms with Gasteiger partial charge in [0.15, 0.2) is 0 Å². The Kier molecular flexibility index (Phi) is 4.94. The van der Waals surface area contributed by atoms with Crippen LogP contribution >= 0.6 is 0 Å². The lowest BCUT2D eigenvalue weighted by atomic mass is 10.0. The Hall–Kier alpha value is -1.79. The summed E-state index contributed by atoms with van der Waals surface area (Å²) >= 11 is 0. The number of carbonyl (C=O) groups excluding carboxylic acids is 1. The number of aliphatic hydroxyl groups excluding tert-OH is 2. The maximum Gasteiger partial charge on any atom is 0.308 e. The lowest BCUT2D eigenvalue weighted by Gasteiger charge is -2.19. The minimum atomic E-state index is -1.28. The first-order chi connectivity index (χ1) is 8.49. The van der Waals surface area contributed by atoms with Crippen molar-refractivity contribution in [3.8, 4) is 5.75 Å². The summed E-state index contributed by atoms with van der Waals surface area (Å²) in [5.41, 5.74) is 6.36. The zero-order valence-electron chi connectivity index (χ0n) is 10.3. The number of nitrogens with two attached hydrogens (primary N) is 1. The molecule has 0 bridgehead atoms. The molecule has 6 heteroatoms. The number of rotatable bonds is 5. The summed E-state index contributed by atoms with van der Waals surface area (Å²) in [6.07, 6.45) is -2.87. The van der Waals surface area contributed by atoms with Crippen LogP contribution in [-0.2, 0) is 9.53 Å². The molecule has 0 aromatic heterocycles. The second kappa shape index (κ2) is 6.23. The van der Waals surface area contributed by atoms with E-state index in [1.54, 1.807) is 12.1 Å². The smallest absolute Gasteiger partial charge is 0.308 e. The van der Waals surface area contributed by atoms with Gasteiger partial charge in [0.2, 0.25) is 0 Å². The first-order valence-electron chi connectivity index (χ1n) is 5.36. The summed E-state index contributed by atoms with van der Waals surface area (Å²) in [6, 6.07) is 4.69. The maximum atomic E-state index is 11.0. The largest absolute Gasteiger partial charge is 0.496 e. The molecule has 6 nitrogen and oxygen atoms in total. The summed E-state index contributed by atoms with van der Waals surface area (Å²) < 4.78 is 9.48. The fourth-order valence-corrected chi connectivity index (χ4v) is 1.56. The van der Waals surface area contributed by atoms with Gasteiger partial charge in [0.25, 0.3) is 0 Å². The van der Waals surface area contributed by atoms with Crippen molar-refractivity contribution in [2.24, 2.45) is 0 Å². The van der Waals surface area contributed by atoms with Crippen LogP contribution in [0, 0.1) is 0 Å². The van der Waals surface area contributed by atoms with Gasteiger partial charge >= 0.3 is 5.97 Å². The molecule has 0 saturated heterocycles. The Morgan fingerprint density at radius 2 is 2.06 bits per heavy atom. The van der Waals surface area contributed by atoms with E-state index in [4.69, 9.17) is 10.5 Å². The second-order valence-corrected chi connectivity index (χ2v) is 3.79. The number of carbonyl (C=O) groups is 1. The molecule has 2 atom stereocenters. The number of aliphatic hydroxyl groups is 2. The molecule has 0 fully saturated rings. The van der Waals surface area contributed by atoms with Crippen LogP contribution in [0.25, 0.3) is 0 Å². The van der Waals surface area contributed by atoms with Crippen molar-refractivity contribution in [2.75, 3.05) is 20.0 Å². The van der Waals surface area contributed by atoms with Crippen LogP contribution in [0.3, 0.4) is 0 Å². The molecule has 0 amide bonds. The Morgan fingerprint density at radius 1 is 1.39 bits per heavy atom. The molecule has 0 radical (unpaired) electrons. The van der Waals surface area contributed by atoms with Crippen molar-refractivity contribution in [2.45, 2.75) is 18.6 Å². The zero-order chi connectivity index (χ0) is 13.7. The Morgan fingerprint density at radius 3 is 2.61 bits per heavy atom. The third-order valence-electron chi connectivity index (χ3n) is 2.54. The lowest BCUT2D eigenvalue weighted by molar-refractivity contribution is -0.144. The van der Waals surface area contributed by atoms with E-state index in [1.807, 2.05) is 0 Å². The van der Waals surface area contributed by atoms with Gasteiger partial charge in [-0.05, 0) is 18.2 Å². The van der Waals surface area contributed by atoms with Crippen LogP contribution in [-0.4, -0.2) is 36.5 Å². The normalized spacial score (nSPS) is 13.8. The third kappa shape index (κ3) is 3.35. The van der Waals surface area contributed by atoms with E-state index in [0.717, 1.165) is 0 Å². The standard InChI is InChI=1S/C12H17NO5/c1-17-10-4-3-7(13)5-8(10)12(16)9(14)6-11(15)18-2/h3-5,9,12,14,16H,6,13H2,1-2H3. The minimum Gasteiger partial charge on any atom is -0.496 e. The number of ether oxygens (including phenoxy) is 2. The van der Waals surface area contributed by atoms with Crippen LogP contribution in [0.2, 0.25) is 0 Å². The molecule has 1 aromatic rings. The number of methoxy groups -OCH3 is 2. The first kappa shape index (κ1) is 14.3. The van der Waals surface area contributed by atoms with Crippen LogP contribution in [0.4, 0.5) is 5.69 Å². The highest BCUT2D eigenvalue weighted by Gasteiger charge is 2.24. The average Bonchev–Trinajstić information content (AvgIpc) is 2.37. The van der Waals surface area contributed by atoms with Crippen LogP contribution in [0.5, 0.6) is 5.75 Å². The van der Waals surface area contributed by atoms with E-state index in [1.165, 1.54) is 20.3 Å². The van der Waals surface area contributed by atoms with Gasteiger partial charge in [-0.2, -0.15) is 0 Å². The van der Waals surface area contributed by atoms with E-state index in [9.17, 15) is 15.0 Å². The molecule has 0 aliphatic heterocycles. The number of hydrogen-bond acceptors (Lipinski definition) is 6. The molecular weight excluding hydrogens is 238 g/mol. The molecule has 18 heavy (non-hydrogen) atoms. The fourth-order valence-electron chi connectivity index (χ4n) is 1.56. The third-order valence-corrected chi connectivity index (χ3v) is 2.54. The van der Waals surface area contributed by atoms with Crippen molar-refractivity contribution in [1.82, 2.24) is 0 Å². The Bertz CT molecular complexity index is 421. The predicted octanol–water partition coefficient (Wildman–Crippen LogP) is 0.235. The van der Waals surface area contributed by atoms with Gasteiger partial charge in [0.05, 0.1) is 26.7 Å². The Balaban J connectivity index is 2.91. The van der Waals surface area contributed by atoms with E-state index >= 15 is 0 Å². The van der Waals surface area contributed by atoms with Gasteiger partial charge in [-0.3, -0.25) is 4.79 Å². The number of benzene rings is 1. The van der Waals surface area contributed by atoms with Gasteiger partial charge in [-0.15, -0.1) is 0 Å². The van der Waals surface area contributed by atoms with Crippen molar-refractivity contribution >= 4 is 11.7 Å². The van der Waals surface area contributed by atoms with Gasteiger partial charge in [0.1, 0.15) is 11.9 Å². The molecule has 0 aliphatic carbocycles. The quantitative estimate of drug-likeness (QED) is 0.514. The van der Waals surface area contributed by atoms with Crippen molar-refractivity contribution in [1.29, 1.82) is 0 Å². The van der Waals surface area contributed by atoms with Gasteiger partial charge in [0, 0.05) is 11.3 Å². The molecule has 100 valence electrons. The summed E-state index contributed by atoms with van der Waals surface area (Å²) in [5.74, 6) is -0.218. The average molecular weight is 255 g/mol. The van der Waals surface area contributed by atoms with Crippen molar-refractivity contribution in [3.63, 3.8) is 0 Å². The second-order valence-electron chi connectivity index (χ2n) is 3.79. The minimum absolute atomic E-state index is 0.310. The van der Waals surface area contributed by atoms with Crippen molar-refractivity contribution < 1.29 is 24.5 Å². The van der Waals surface area contributed by atoms with Gasteiger partial charge in [-0.1, -0.05) is 0 Å². The molecule has 4 N–H and O–H groups in total. The molecule has 2 unspecified atom stereocenters. The van der Waals surface area contributed by atoms with E-state index in [2.05, 4.69) is 4.74 Å². The molecule has 0 saturated carbocycles. The van der Waals surface area contributed by atoms with E-state index < -0.39 is 18.2 Å².